The average Bonchev–Trinajstić information content (AvgIpc) is 2.64. The number of hydrogen-bond acceptors (Lipinski definition) is 3. The van der Waals surface area contributed by atoms with Crippen LogP contribution < -0.4 is 10.0 Å². The molecule has 0 aromatic heterocycles. The second-order valence-electron chi connectivity index (χ2n) is 5.69. The van der Waals surface area contributed by atoms with Crippen LogP contribution in [0.5, 0.6) is 0 Å². The number of benzene rings is 3. The summed E-state index contributed by atoms with van der Waals surface area (Å²) in [6, 6.07) is 15.3. The van der Waals surface area contributed by atoms with Crippen molar-refractivity contribution < 1.29 is 17.6 Å². The molecule has 144 valence electrons. The lowest BCUT2D eigenvalue weighted by Gasteiger charge is -2.10. The zero-order valence-corrected chi connectivity index (χ0v) is 16.4. The Morgan fingerprint density at radius 2 is 1.61 bits per heavy atom. The summed E-state index contributed by atoms with van der Waals surface area (Å²) in [5.74, 6) is -1.16. The number of anilines is 2. The molecule has 0 atom stereocenters. The van der Waals surface area contributed by atoms with E-state index in [1.54, 1.807) is 0 Å². The SMILES string of the molecule is O=C(Nc1ccc(S(=O)(=O)Nc2ccccc2F)cc1)c1ccc(Cl)cc1Cl. The van der Waals surface area contributed by atoms with Crippen molar-refractivity contribution in [2.75, 3.05) is 10.0 Å². The van der Waals surface area contributed by atoms with Gasteiger partial charge >= 0.3 is 0 Å². The van der Waals surface area contributed by atoms with Gasteiger partial charge in [0.15, 0.2) is 0 Å². The first-order chi connectivity index (χ1) is 13.3. The second-order valence-corrected chi connectivity index (χ2v) is 8.21. The second kappa shape index (κ2) is 8.18. The quantitative estimate of drug-likeness (QED) is 0.575. The molecule has 5 nitrogen and oxygen atoms in total. The van der Waals surface area contributed by atoms with Gasteiger partial charge in [0.25, 0.3) is 15.9 Å². The van der Waals surface area contributed by atoms with E-state index < -0.39 is 21.7 Å². The summed E-state index contributed by atoms with van der Waals surface area (Å²) >= 11 is 11.8. The molecular formula is C19H13Cl2FN2O3S. The number of para-hydroxylation sites is 1. The predicted octanol–water partition coefficient (Wildman–Crippen LogP) is 5.19. The van der Waals surface area contributed by atoms with Crippen LogP contribution in [-0.4, -0.2) is 14.3 Å². The molecule has 3 aromatic rings. The van der Waals surface area contributed by atoms with Crippen LogP contribution in [0.2, 0.25) is 10.0 Å². The Labute approximate surface area is 171 Å². The number of sulfonamides is 1. The number of rotatable bonds is 5. The van der Waals surface area contributed by atoms with Gasteiger partial charge in [0.05, 0.1) is 21.2 Å². The van der Waals surface area contributed by atoms with E-state index in [0.29, 0.717) is 10.7 Å². The molecule has 0 heterocycles. The van der Waals surface area contributed by atoms with E-state index >= 15 is 0 Å². The van der Waals surface area contributed by atoms with Crippen molar-refractivity contribution in [1.29, 1.82) is 0 Å². The Hall–Kier alpha value is -2.61. The van der Waals surface area contributed by atoms with Gasteiger partial charge in [-0.25, -0.2) is 12.8 Å². The largest absolute Gasteiger partial charge is 0.322 e. The van der Waals surface area contributed by atoms with Gasteiger partial charge in [-0.1, -0.05) is 35.3 Å². The van der Waals surface area contributed by atoms with Gasteiger partial charge in [0.2, 0.25) is 0 Å². The van der Waals surface area contributed by atoms with E-state index in [-0.39, 0.29) is 21.2 Å². The van der Waals surface area contributed by atoms with E-state index in [0.717, 1.165) is 6.07 Å². The molecule has 3 rings (SSSR count). The summed E-state index contributed by atoms with van der Waals surface area (Å²) in [7, 11) is -3.98. The third kappa shape index (κ3) is 4.62. The highest BCUT2D eigenvalue weighted by Gasteiger charge is 2.17. The van der Waals surface area contributed by atoms with Crippen molar-refractivity contribution in [2.45, 2.75) is 4.90 Å². The molecule has 0 aliphatic carbocycles. The first-order valence-corrected chi connectivity index (χ1v) is 10.1. The smallest absolute Gasteiger partial charge is 0.261 e. The summed E-state index contributed by atoms with van der Waals surface area (Å²) < 4.78 is 40.6. The van der Waals surface area contributed by atoms with E-state index in [2.05, 4.69) is 10.0 Å². The highest BCUT2D eigenvalue weighted by Crippen LogP contribution is 2.23. The molecule has 28 heavy (non-hydrogen) atoms. The van der Waals surface area contributed by atoms with Crippen LogP contribution in [0, 0.1) is 5.82 Å². The fourth-order valence-corrected chi connectivity index (χ4v) is 3.90. The van der Waals surface area contributed by atoms with Gasteiger partial charge in [-0.2, -0.15) is 0 Å². The minimum atomic E-state index is -3.98. The molecule has 0 radical (unpaired) electrons. The van der Waals surface area contributed by atoms with Crippen LogP contribution >= 0.6 is 23.2 Å². The summed E-state index contributed by atoms with van der Waals surface area (Å²) in [5, 5.41) is 3.21. The van der Waals surface area contributed by atoms with E-state index in [4.69, 9.17) is 23.2 Å². The molecule has 0 aliphatic heterocycles. The van der Waals surface area contributed by atoms with Crippen LogP contribution in [0.4, 0.5) is 15.8 Å². The maximum atomic E-state index is 13.7. The molecule has 0 bridgehead atoms. The maximum absolute atomic E-state index is 13.7. The predicted molar refractivity (Wildman–Crippen MR) is 108 cm³/mol. The van der Waals surface area contributed by atoms with Gasteiger partial charge in [-0.15, -0.1) is 0 Å². The van der Waals surface area contributed by atoms with Gasteiger partial charge in [-0.3, -0.25) is 9.52 Å². The zero-order valence-electron chi connectivity index (χ0n) is 14.1. The molecule has 9 heteroatoms. The Balaban J connectivity index is 1.76. The van der Waals surface area contributed by atoms with E-state index in [9.17, 15) is 17.6 Å². The first-order valence-electron chi connectivity index (χ1n) is 7.90. The van der Waals surface area contributed by atoms with Crippen LogP contribution in [-0.2, 0) is 10.0 Å². The minimum absolute atomic E-state index is 0.0849. The lowest BCUT2D eigenvalue weighted by Crippen LogP contribution is -2.15. The number of amides is 1. The normalized spacial score (nSPS) is 11.1. The fourth-order valence-electron chi connectivity index (χ4n) is 2.34. The molecule has 0 spiro atoms. The van der Waals surface area contributed by atoms with Crippen LogP contribution in [0.1, 0.15) is 10.4 Å². The zero-order chi connectivity index (χ0) is 20.3. The third-order valence-corrected chi connectivity index (χ3v) is 5.65. The molecule has 3 aromatic carbocycles. The number of nitrogens with one attached hydrogen (secondary N) is 2. The number of carbonyl (C=O) groups excluding carboxylic acids is 1. The van der Waals surface area contributed by atoms with Gasteiger partial charge in [0.1, 0.15) is 5.82 Å². The number of halogens is 3. The van der Waals surface area contributed by atoms with Crippen LogP contribution in [0.15, 0.2) is 71.6 Å². The molecule has 0 fully saturated rings. The Kier molecular flexibility index (Phi) is 5.88. The minimum Gasteiger partial charge on any atom is -0.322 e. The maximum Gasteiger partial charge on any atom is 0.261 e. The lowest BCUT2D eigenvalue weighted by atomic mass is 10.2. The van der Waals surface area contributed by atoms with Crippen molar-refractivity contribution in [3.63, 3.8) is 0 Å². The Bertz CT molecular complexity index is 1140. The molecule has 0 saturated carbocycles. The molecule has 0 aliphatic rings. The number of carbonyl (C=O) groups is 1. The monoisotopic (exact) mass is 438 g/mol. The van der Waals surface area contributed by atoms with Crippen LogP contribution in [0.25, 0.3) is 0 Å². The average molecular weight is 439 g/mol. The fraction of sp³-hybridized carbons (Fsp3) is 0. The lowest BCUT2D eigenvalue weighted by molar-refractivity contribution is 0.102. The Morgan fingerprint density at radius 1 is 0.929 bits per heavy atom. The summed E-state index contributed by atoms with van der Waals surface area (Å²) in [6.45, 7) is 0. The third-order valence-electron chi connectivity index (χ3n) is 3.72. The van der Waals surface area contributed by atoms with E-state index in [1.165, 1.54) is 60.7 Å². The summed E-state index contributed by atoms with van der Waals surface area (Å²) in [4.78, 5) is 12.2. The summed E-state index contributed by atoms with van der Waals surface area (Å²) in [5.41, 5.74) is 0.433. The Morgan fingerprint density at radius 3 is 2.25 bits per heavy atom. The standard InChI is InChI=1S/C19H13Cl2FN2O3S/c20-12-5-10-15(16(21)11-12)19(25)23-13-6-8-14(9-7-13)28(26,27)24-18-4-2-1-3-17(18)22/h1-11,24H,(H,23,25). The molecule has 1 amide bonds. The van der Waals surface area contributed by atoms with Crippen molar-refractivity contribution in [3.8, 4) is 0 Å². The van der Waals surface area contributed by atoms with Gasteiger partial charge in [-0.05, 0) is 54.6 Å². The topological polar surface area (TPSA) is 75.3 Å². The molecule has 2 N–H and O–H groups in total. The molecule has 0 saturated heterocycles. The van der Waals surface area contributed by atoms with Gasteiger partial charge in [0, 0.05) is 10.7 Å². The number of hydrogen-bond donors (Lipinski definition) is 2. The van der Waals surface area contributed by atoms with E-state index in [1.807, 2.05) is 0 Å². The van der Waals surface area contributed by atoms with Gasteiger partial charge < -0.3 is 5.32 Å². The first kappa shape index (κ1) is 20.1. The van der Waals surface area contributed by atoms with Crippen molar-refractivity contribution >= 4 is 50.5 Å². The van der Waals surface area contributed by atoms with Crippen molar-refractivity contribution in [1.82, 2.24) is 0 Å². The van der Waals surface area contributed by atoms with Crippen molar-refractivity contribution in [2.24, 2.45) is 0 Å². The molecule has 0 unspecified atom stereocenters. The molecular weight excluding hydrogens is 426 g/mol. The summed E-state index contributed by atoms with van der Waals surface area (Å²) in [6.07, 6.45) is 0. The highest BCUT2D eigenvalue weighted by molar-refractivity contribution is 7.92. The highest BCUT2D eigenvalue weighted by atomic mass is 35.5. The van der Waals surface area contributed by atoms with Crippen molar-refractivity contribution in [3.05, 3.63) is 88.2 Å². The van der Waals surface area contributed by atoms with Crippen LogP contribution in [0.3, 0.4) is 0 Å².